The van der Waals surface area contributed by atoms with Crippen LogP contribution in [0, 0.1) is 6.92 Å². The minimum Gasteiger partial charge on any atom is -0.345 e. The first kappa shape index (κ1) is 15.7. The van der Waals surface area contributed by atoms with Gasteiger partial charge >= 0.3 is 0 Å². The summed E-state index contributed by atoms with van der Waals surface area (Å²) >= 11 is 3.25. The monoisotopic (exact) mass is 371 g/mol. The van der Waals surface area contributed by atoms with Crippen LogP contribution in [0.2, 0.25) is 0 Å². The minimum absolute atomic E-state index is 0.0934. The van der Waals surface area contributed by atoms with E-state index in [1.54, 1.807) is 42.9 Å². The molecule has 1 aromatic carbocycles. The largest absolute Gasteiger partial charge is 0.345 e. The zero-order valence-electron chi connectivity index (χ0n) is 11.4. The Bertz CT molecular complexity index is 784. The van der Waals surface area contributed by atoms with Crippen molar-refractivity contribution in [3.05, 3.63) is 52.3 Å². The molecule has 0 aliphatic rings. The van der Waals surface area contributed by atoms with E-state index in [1.165, 1.54) is 12.1 Å². The van der Waals surface area contributed by atoms with Crippen LogP contribution in [0.5, 0.6) is 0 Å². The van der Waals surface area contributed by atoms with Crippen molar-refractivity contribution in [2.45, 2.75) is 11.8 Å². The number of sulfonamides is 1. The van der Waals surface area contributed by atoms with E-state index in [2.05, 4.69) is 26.2 Å². The molecule has 2 rings (SSSR count). The molecule has 0 saturated carbocycles. The first-order valence-electron chi connectivity index (χ1n) is 6.00. The van der Waals surface area contributed by atoms with Crippen molar-refractivity contribution >= 4 is 31.9 Å². The van der Waals surface area contributed by atoms with Crippen molar-refractivity contribution in [3.8, 4) is 0 Å². The molecule has 2 aromatic rings. The molecule has 21 heavy (non-hydrogen) atoms. The zero-order chi connectivity index (χ0) is 15.6. The van der Waals surface area contributed by atoms with Crippen LogP contribution >= 0.6 is 15.9 Å². The highest BCUT2D eigenvalue weighted by molar-refractivity contribution is 9.10. The van der Waals surface area contributed by atoms with Gasteiger partial charge in [-0.05, 0) is 46.6 Å². The normalized spacial score (nSPS) is 11.4. The van der Waals surface area contributed by atoms with Crippen LogP contribution in [0.4, 0.5) is 0 Å². The average Bonchev–Trinajstić information content (AvgIpc) is 2.75. The van der Waals surface area contributed by atoms with Gasteiger partial charge in [0, 0.05) is 17.7 Å². The van der Waals surface area contributed by atoms with Crippen LogP contribution in [0.15, 0.2) is 45.9 Å². The number of amides is 1. The molecule has 1 aromatic heterocycles. The predicted molar refractivity (Wildman–Crippen MR) is 82.1 cm³/mol. The van der Waals surface area contributed by atoms with Gasteiger partial charge in [0.05, 0.1) is 4.90 Å². The summed E-state index contributed by atoms with van der Waals surface area (Å²) in [7, 11) is -2.11. The number of aromatic nitrogens is 1. The van der Waals surface area contributed by atoms with Gasteiger partial charge < -0.3 is 4.57 Å². The number of nitrogens with one attached hydrogen (secondary N) is 2. The Labute approximate surface area is 131 Å². The molecule has 0 atom stereocenters. The second-order valence-electron chi connectivity index (χ2n) is 4.53. The molecule has 0 fully saturated rings. The minimum atomic E-state index is -3.79. The summed E-state index contributed by atoms with van der Waals surface area (Å²) in [5, 5.41) is 0. The smallest absolute Gasteiger partial charge is 0.282 e. The number of nitrogens with zero attached hydrogens (tertiary/aromatic N) is 1. The van der Waals surface area contributed by atoms with Gasteiger partial charge in [0.25, 0.3) is 15.9 Å². The third-order valence-corrected chi connectivity index (χ3v) is 4.48. The molecule has 0 aliphatic heterocycles. The molecule has 0 bridgehead atoms. The van der Waals surface area contributed by atoms with E-state index in [-0.39, 0.29) is 4.90 Å². The Morgan fingerprint density at radius 2 is 2.00 bits per heavy atom. The molecule has 0 spiro atoms. The molecule has 6 nitrogen and oxygen atoms in total. The van der Waals surface area contributed by atoms with Gasteiger partial charge in [-0.2, -0.15) is 0 Å². The van der Waals surface area contributed by atoms with Crippen molar-refractivity contribution in [1.29, 1.82) is 0 Å². The molecule has 2 N–H and O–H groups in total. The van der Waals surface area contributed by atoms with E-state index in [1.807, 2.05) is 0 Å². The summed E-state index contributed by atoms with van der Waals surface area (Å²) in [6, 6.07) is 8.00. The average molecular weight is 372 g/mol. The summed E-state index contributed by atoms with van der Waals surface area (Å²) < 4.78 is 26.5. The lowest BCUT2D eigenvalue weighted by atomic mass is 10.2. The Balaban J connectivity index is 2.12. The third-order valence-electron chi connectivity index (χ3n) is 2.80. The second-order valence-corrected chi connectivity index (χ2v) is 7.13. The molecule has 0 unspecified atom stereocenters. The van der Waals surface area contributed by atoms with Gasteiger partial charge in [-0.3, -0.25) is 10.2 Å². The van der Waals surface area contributed by atoms with Crippen molar-refractivity contribution < 1.29 is 13.2 Å². The van der Waals surface area contributed by atoms with Crippen molar-refractivity contribution in [1.82, 2.24) is 14.8 Å². The van der Waals surface area contributed by atoms with Gasteiger partial charge in [0.15, 0.2) is 0 Å². The highest BCUT2D eigenvalue weighted by Crippen LogP contribution is 2.13. The quantitative estimate of drug-likeness (QED) is 0.802. The highest BCUT2D eigenvalue weighted by Gasteiger charge is 2.17. The number of carbonyl (C=O) groups is 1. The highest BCUT2D eigenvalue weighted by atomic mass is 79.9. The fourth-order valence-corrected chi connectivity index (χ4v) is 3.24. The predicted octanol–water partition coefficient (Wildman–Crippen LogP) is 1.72. The third kappa shape index (κ3) is 3.72. The first-order valence-corrected chi connectivity index (χ1v) is 8.28. The van der Waals surface area contributed by atoms with Gasteiger partial charge in [0.1, 0.15) is 5.69 Å². The number of carbonyl (C=O) groups excluding carboxylic acids is 1. The van der Waals surface area contributed by atoms with E-state index in [0.29, 0.717) is 5.69 Å². The fraction of sp³-hybridized carbons (Fsp3) is 0.154. The van der Waals surface area contributed by atoms with Crippen LogP contribution in [0.25, 0.3) is 0 Å². The first-order chi connectivity index (χ1) is 9.79. The van der Waals surface area contributed by atoms with E-state index < -0.39 is 15.9 Å². The Morgan fingerprint density at radius 1 is 1.29 bits per heavy atom. The van der Waals surface area contributed by atoms with Crippen LogP contribution in [0.3, 0.4) is 0 Å². The summed E-state index contributed by atoms with van der Waals surface area (Å²) in [4.78, 5) is 14.1. The number of hydrogen-bond acceptors (Lipinski definition) is 3. The summed E-state index contributed by atoms with van der Waals surface area (Å²) in [5.74, 6) is -0.542. The van der Waals surface area contributed by atoms with Crippen LogP contribution in [0.1, 0.15) is 16.1 Å². The maximum absolute atomic E-state index is 12.1. The molecular weight excluding hydrogens is 358 g/mol. The summed E-state index contributed by atoms with van der Waals surface area (Å²) in [5.41, 5.74) is 3.34. The number of hydrogen-bond donors (Lipinski definition) is 2. The van der Waals surface area contributed by atoms with Crippen LogP contribution in [-0.4, -0.2) is 18.9 Å². The molecular formula is C13H14BrN3O3S. The lowest BCUT2D eigenvalue weighted by Gasteiger charge is -2.09. The standard InChI is InChI=1S/C13H14BrN3O3S/c1-9-4-3-5-11(6-9)21(19,20)16-15-13(18)12-7-10(14)8-17(12)2/h3-8,16H,1-2H3,(H,15,18). The molecule has 1 amide bonds. The van der Waals surface area contributed by atoms with Crippen LogP contribution in [-0.2, 0) is 17.1 Å². The number of hydrazine groups is 1. The molecule has 0 saturated heterocycles. The molecule has 1 heterocycles. The molecule has 0 radical (unpaired) electrons. The number of aryl methyl sites for hydroxylation is 2. The topological polar surface area (TPSA) is 80.2 Å². The summed E-state index contributed by atoms with van der Waals surface area (Å²) in [6.07, 6.45) is 1.70. The maximum atomic E-state index is 12.1. The van der Waals surface area contributed by atoms with Crippen molar-refractivity contribution in [2.75, 3.05) is 0 Å². The van der Waals surface area contributed by atoms with Gasteiger partial charge in [-0.1, -0.05) is 12.1 Å². The van der Waals surface area contributed by atoms with Gasteiger partial charge in [-0.15, -0.1) is 4.83 Å². The molecule has 8 heteroatoms. The van der Waals surface area contributed by atoms with E-state index in [4.69, 9.17) is 0 Å². The molecule has 0 aliphatic carbocycles. The number of benzene rings is 1. The SMILES string of the molecule is Cc1cccc(S(=O)(=O)NNC(=O)c2cc(Br)cn2C)c1. The fourth-order valence-electron chi connectivity index (χ4n) is 1.77. The van der Waals surface area contributed by atoms with Gasteiger partial charge in [0.2, 0.25) is 0 Å². The number of halogens is 1. The van der Waals surface area contributed by atoms with E-state index in [0.717, 1.165) is 10.0 Å². The zero-order valence-corrected chi connectivity index (χ0v) is 13.8. The maximum Gasteiger partial charge on any atom is 0.282 e. The Hall–Kier alpha value is -1.64. The molecule has 112 valence electrons. The van der Waals surface area contributed by atoms with Gasteiger partial charge in [-0.25, -0.2) is 8.42 Å². The summed E-state index contributed by atoms with van der Waals surface area (Å²) in [6.45, 7) is 1.79. The number of rotatable bonds is 4. The van der Waals surface area contributed by atoms with Crippen molar-refractivity contribution in [2.24, 2.45) is 7.05 Å². The Morgan fingerprint density at radius 3 is 2.57 bits per heavy atom. The van der Waals surface area contributed by atoms with E-state index >= 15 is 0 Å². The lowest BCUT2D eigenvalue weighted by molar-refractivity contribution is 0.0937. The lowest BCUT2D eigenvalue weighted by Crippen LogP contribution is -2.42. The van der Waals surface area contributed by atoms with E-state index in [9.17, 15) is 13.2 Å². The Kier molecular flexibility index (Phi) is 4.50. The second kappa shape index (κ2) is 6.00. The van der Waals surface area contributed by atoms with Crippen molar-refractivity contribution in [3.63, 3.8) is 0 Å². The van der Waals surface area contributed by atoms with Crippen LogP contribution < -0.4 is 10.3 Å².